The largest absolute Gasteiger partial charge is 0.497 e. The number of nitrogens with two attached hydrogens (primary N) is 1. The topological polar surface area (TPSA) is 247 Å². The Morgan fingerprint density at radius 2 is 0.921 bits per heavy atom. The number of methoxy groups -OCH3 is 1. The lowest BCUT2D eigenvalue weighted by Crippen LogP contribution is -2.31. The summed E-state index contributed by atoms with van der Waals surface area (Å²) >= 11 is 5.22. The maximum Gasteiger partial charge on any atom is 0.266 e. The quantitative estimate of drug-likeness (QED) is 0.0535. The second-order valence-corrected chi connectivity index (χ2v) is 19.4. The zero-order chi connectivity index (χ0) is 53.8. The van der Waals surface area contributed by atoms with Crippen molar-refractivity contribution in [3.63, 3.8) is 0 Å². The number of aliphatic hydroxyl groups excluding tert-OH is 1. The minimum Gasteiger partial charge on any atom is -0.497 e. The summed E-state index contributed by atoms with van der Waals surface area (Å²) in [5.74, 6) is -0.112. The van der Waals surface area contributed by atoms with Crippen molar-refractivity contribution in [2.45, 2.75) is 37.0 Å². The maximum atomic E-state index is 13.0. The van der Waals surface area contributed by atoms with Crippen LogP contribution in [0.15, 0.2) is 216 Å². The van der Waals surface area contributed by atoms with Gasteiger partial charge in [0.05, 0.1) is 25.1 Å². The molecule has 0 radical (unpaired) electrons. The van der Waals surface area contributed by atoms with E-state index in [1.807, 2.05) is 65.4 Å². The minimum atomic E-state index is -4.32. The number of carbonyl (C=O) groups excluding carboxylic acids is 4. The average Bonchev–Trinajstić information content (AvgIpc) is 3.43. The summed E-state index contributed by atoms with van der Waals surface area (Å²) in [6.45, 7) is 0.505. The third-order valence-corrected chi connectivity index (χ3v) is 13.1. The van der Waals surface area contributed by atoms with E-state index >= 15 is 0 Å². The van der Waals surface area contributed by atoms with Crippen molar-refractivity contribution in [1.29, 1.82) is 0 Å². The van der Waals surface area contributed by atoms with E-state index in [0.717, 1.165) is 11.1 Å². The van der Waals surface area contributed by atoms with Gasteiger partial charge in [-0.25, -0.2) is 26.7 Å². The molecule has 76 heavy (non-hydrogen) atoms. The van der Waals surface area contributed by atoms with Crippen LogP contribution in [0.1, 0.15) is 65.5 Å². The molecule has 0 spiro atoms. The number of halogens is 1. The van der Waals surface area contributed by atoms with Gasteiger partial charge in [-0.2, -0.15) is 0 Å². The van der Waals surface area contributed by atoms with Gasteiger partial charge < -0.3 is 30.0 Å². The first-order valence-electron chi connectivity index (χ1n) is 22.5. The molecule has 0 heterocycles. The van der Waals surface area contributed by atoms with Crippen molar-refractivity contribution < 1.29 is 55.3 Å². The molecule has 0 atom stereocenters. The van der Waals surface area contributed by atoms with Gasteiger partial charge in [0, 0.05) is 22.3 Å². The highest BCUT2D eigenvalue weighted by molar-refractivity contribution is 7.90. The fourth-order valence-corrected chi connectivity index (χ4v) is 8.62. The number of amides is 3. The van der Waals surface area contributed by atoms with E-state index in [9.17, 15) is 36.0 Å². The van der Waals surface area contributed by atoms with Crippen molar-refractivity contribution in [3.8, 4) is 17.2 Å². The summed E-state index contributed by atoms with van der Waals surface area (Å²) < 4.78 is 67.7. The Bertz CT molecular complexity index is 3460. The fourth-order valence-electron chi connectivity index (χ4n) is 6.67. The first-order chi connectivity index (χ1) is 36.0. The van der Waals surface area contributed by atoms with E-state index in [1.165, 1.54) is 60.7 Å². The number of hydrogen-bond acceptors (Lipinski definition) is 12. The Balaban J connectivity index is 0.000000238. The van der Waals surface area contributed by atoms with Crippen LogP contribution in [0.3, 0.4) is 0 Å². The molecule has 0 unspecified atom stereocenters. The van der Waals surface area contributed by atoms with Crippen LogP contribution in [0.4, 0.5) is 11.4 Å². The lowest BCUT2D eigenvalue weighted by molar-refractivity contribution is 0.0978. The number of primary sulfonamides is 1. The van der Waals surface area contributed by atoms with Gasteiger partial charge in [-0.1, -0.05) is 117 Å². The van der Waals surface area contributed by atoms with E-state index in [1.54, 1.807) is 92.0 Å². The van der Waals surface area contributed by atoms with Gasteiger partial charge in [0.2, 0.25) is 10.0 Å². The van der Waals surface area contributed by atoms with Crippen molar-refractivity contribution in [2.24, 2.45) is 5.14 Å². The van der Waals surface area contributed by atoms with Crippen LogP contribution < -0.4 is 34.7 Å². The Kier molecular flexibility index (Phi) is 21.6. The first-order valence-corrected chi connectivity index (χ1v) is 25.9. The number of anilines is 2. The molecule has 8 aromatic rings. The first kappa shape index (κ1) is 58.2. The highest BCUT2D eigenvalue weighted by atomic mass is 35.5. The second kappa shape index (κ2) is 28.1. The Labute approximate surface area is 446 Å². The van der Waals surface area contributed by atoms with Gasteiger partial charge in [-0.3, -0.25) is 19.2 Å². The number of carbonyl (C=O) groups is 4. The highest BCUT2D eigenvalue weighted by Crippen LogP contribution is 2.25. The van der Waals surface area contributed by atoms with Gasteiger partial charge >= 0.3 is 0 Å². The maximum absolute atomic E-state index is 13.0. The second-order valence-electron chi connectivity index (χ2n) is 15.8. The van der Waals surface area contributed by atoms with Gasteiger partial charge in [0.15, 0.2) is 0 Å². The predicted molar refractivity (Wildman–Crippen MR) is 292 cm³/mol. The standard InChI is InChI=1S/C28H24N2O6S.C20H18N2O4S.C8H7ClO2.CH4/c31-18-20-13-15-22(16-14-20)28(33)30-37(34,35)26-12-5-4-11-25(26)29-27(32)23-9-6-10-24(17-23)36-19-21-7-2-1-3-8-21;21-27(24,25)19-12-5-4-11-18(19)22-20(23)16-9-6-10-17(13-16)26-14-15-7-2-1-3-8-15;1-11-7-4-2-6(3-5-7)8(9)10;/h1-17,31H,18-19H2,(H,29,32)(H,30,33);1-13H,14H2,(H,22,23)(H2,21,24,25);2-5H,1H3;1H4. The Morgan fingerprint density at radius 3 is 1.37 bits per heavy atom. The molecule has 19 heteroatoms. The van der Waals surface area contributed by atoms with Crippen LogP contribution in [0.25, 0.3) is 0 Å². The molecule has 3 amide bonds. The number of sulfonamides is 2. The Morgan fingerprint density at radius 1 is 0.487 bits per heavy atom. The van der Waals surface area contributed by atoms with E-state index in [4.69, 9.17) is 36.1 Å². The van der Waals surface area contributed by atoms with Gasteiger partial charge in [-0.05, 0) is 125 Å². The number of ether oxygens (including phenoxy) is 3. The SMILES string of the molecule is C.COc1ccc(C(=O)Cl)cc1.NS(=O)(=O)c1ccccc1NC(=O)c1cccc(OCc2ccccc2)c1.O=C(Nc1ccccc1S(=O)(=O)NC(=O)c1ccc(CO)cc1)c1cccc(OCc2ccccc2)c1. The zero-order valence-electron chi connectivity index (χ0n) is 40.0. The van der Waals surface area contributed by atoms with Crippen LogP contribution in [-0.4, -0.2) is 52.0 Å². The van der Waals surface area contributed by atoms with Crippen LogP contribution >= 0.6 is 11.6 Å². The summed E-state index contributed by atoms with van der Waals surface area (Å²) in [7, 11) is -6.70. The van der Waals surface area contributed by atoms with Crippen LogP contribution in [-0.2, 0) is 39.9 Å². The summed E-state index contributed by atoms with van der Waals surface area (Å²) in [4.78, 5) is 48.2. The number of rotatable bonds is 17. The summed E-state index contributed by atoms with van der Waals surface area (Å²) in [5.41, 5.74) is 3.90. The molecular weight excluding hydrogens is 1030 g/mol. The van der Waals surface area contributed by atoms with Crippen LogP contribution in [0.5, 0.6) is 17.2 Å². The lowest BCUT2D eigenvalue weighted by Gasteiger charge is -2.13. The van der Waals surface area contributed by atoms with Crippen molar-refractivity contribution in [2.75, 3.05) is 17.7 Å². The third-order valence-electron chi connectivity index (χ3n) is 10.5. The van der Waals surface area contributed by atoms with E-state index < -0.39 is 43.0 Å². The number of para-hydroxylation sites is 2. The molecule has 16 nitrogen and oxygen atoms in total. The van der Waals surface area contributed by atoms with Crippen molar-refractivity contribution in [3.05, 3.63) is 245 Å². The fraction of sp³-hybridized carbons (Fsp3) is 0.0877. The van der Waals surface area contributed by atoms with Gasteiger partial charge in [-0.15, -0.1) is 0 Å². The summed E-state index contributed by atoms with van der Waals surface area (Å²) in [6.07, 6.45) is 0. The normalized spacial score (nSPS) is 10.6. The number of hydrogen-bond donors (Lipinski definition) is 5. The van der Waals surface area contributed by atoms with Gasteiger partial charge in [0.25, 0.3) is 33.0 Å². The third kappa shape index (κ3) is 17.5. The molecule has 0 bridgehead atoms. The molecule has 0 aromatic heterocycles. The Hall–Kier alpha value is -8.65. The highest BCUT2D eigenvalue weighted by Gasteiger charge is 2.23. The predicted octanol–water partition coefficient (Wildman–Crippen LogP) is 10.0. The summed E-state index contributed by atoms with van der Waals surface area (Å²) in [5, 5.41) is 19.1. The molecule has 8 aromatic carbocycles. The number of benzene rings is 8. The smallest absolute Gasteiger partial charge is 0.266 e. The van der Waals surface area contributed by atoms with Crippen LogP contribution in [0.2, 0.25) is 0 Å². The number of aliphatic hydroxyl groups is 1. The monoisotopic (exact) mass is 1080 g/mol. The molecule has 0 aliphatic heterocycles. The molecule has 392 valence electrons. The average molecular weight is 1090 g/mol. The van der Waals surface area contributed by atoms with E-state index in [-0.39, 0.29) is 46.3 Å². The van der Waals surface area contributed by atoms with Crippen molar-refractivity contribution in [1.82, 2.24) is 4.72 Å². The minimum absolute atomic E-state index is 0. The van der Waals surface area contributed by atoms with Crippen molar-refractivity contribution >= 4 is 66.0 Å². The molecule has 6 N–H and O–H groups in total. The zero-order valence-corrected chi connectivity index (χ0v) is 42.3. The van der Waals surface area contributed by atoms with E-state index in [0.29, 0.717) is 47.2 Å². The molecule has 8 rings (SSSR count). The summed E-state index contributed by atoms with van der Waals surface area (Å²) in [6, 6.07) is 56.7. The lowest BCUT2D eigenvalue weighted by atomic mass is 10.1. The molecule has 0 aliphatic rings. The molecule has 0 fully saturated rings. The molecule has 0 saturated carbocycles. The number of nitrogens with one attached hydrogen (secondary N) is 3. The molecular formula is C57H53ClN4O12S2. The van der Waals surface area contributed by atoms with Gasteiger partial charge in [0.1, 0.15) is 40.3 Å². The van der Waals surface area contributed by atoms with E-state index in [2.05, 4.69) is 10.6 Å². The molecule has 0 aliphatic carbocycles. The van der Waals surface area contributed by atoms with Crippen LogP contribution in [0, 0.1) is 0 Å². The molecule has 0 saturated heterocycles.